The highest BCUT2D eigenvalue weighted by atomic mass is 16.6. The first-order valence-electron chi connectivity index (χ1n) is 7.66. The van der Waals surface area contributed by atoms with E-state index >= 15 is 0 Å². The van der Waals surface area contributed by atoms with Crippen LogP contribution in [0.2, 0.25) is 0 Å². The highest BCUT2D eigenvalue weighted by Crippen LogP contribution is 2.43. The summed E-state index contributed by atoms with van der Waals surface area (Å²) in [5, 5.41) is 15.0. The Balaban J connectivity index is 2.33. The van der Waals surface area contributed by atoms with Crippen molar-refractivity contribution >= 4 is 38.3 Å². The van der Waals surface area contributed by atoms with E-state index in [0.29, 0.717) is 5.75 Å². The number of fused-ring (bicyclic) bond motifs is 4. The van der Waals surface area contributed by atoms with Crippen LogP contribution in [-0.4, -0.2) is 16.6 Å². The Bertz CT molecular complexity index is 1140. The number of rotatable bonds is 2. The van der Waals surface area contributed by atoms with E-state index in [1.165, 1.54) is 0 Å². The number of hydrogen-bond donors (Lipinski definition) is 0. The molecule has 1 aromatic heterocycles. The van der Waals surface area contributed by atoms with Gasteiger partial charge < -0.3 is 9.30 Å². The zero-order valence-electron chi connectivity index (χ0n) is 13.7. The van der Waals surface area contributed by atoms with Gasteiger partial charge in [-0.25, -0.2) is 0 Å². The van der Waals surface area contributed by atoms with Gasteiger partial charge in [0, 0.05) is 35.5 Å². The molecule has 5 nitrogen and oxygen atoms in total. The molecular formula is C19H16N2O3. The Kier molecular flexibility index (Phi) is 3.00. The molecule has 0 spiro atoms. The summed E-state index contributed by atoms with van der Waals surface area (Å²) in [5.74, 6) is 0.686. The Morgan fingerprint density at radius 3 is 2.54 bits per heavy atom. The van der Waals surface area contributed by atoms with Crippen LogP contribution in [0.1, 0.15) is 5.56 Å². The van der Waals surface area contributed by atoms with E-state index in [9.17, 15) is 10.1 Å². The summed E-state index contributed by atoms with van der Waals surface area (Å²) in [6.45, 7) is 2.05. The number of hydrogen-bond acceptors (Lipinski definition) is 3. The van der Waals surface area contributed by atoms with Gasteiger partial charge in [-0.3, -0.25) is 10.1 Å². The Hall–Kier alpha value is -3.08. The zero-order valence-corrected chi connectivity index (χ0v) is 13.7. The van der Waals surface area contributed by atoms with Crippen LogP contribution in [0.25, 0.3) is 32.6 Å². The first kappa shape index (κ1) is 14.5. The second-order valence-corrected chi connectivity index (χ2v) is 5.95. The van der Waals surface area contributed by atoms with E-state index in [4.69, 9.17) is 4.74 Å². The highest BCUT2D eigenvalue weighted by molar-refractivity contribution is 6.19. The molecule has 1 heterocycles. The maximum atomic E-state index is 11.2. The van der Waals surface area contributed by atoms with Crippen LogP contribution in [0.5, 0.6) is 5.75 Å². The third-order valence-corrected chi connectivity index (χ3v) is 4.76. The van der Waals surface area contributed by atoms with Crippen molar-refractivity contribution in [3.05, 3.63) is 58.1 Å². The first-order valence-corrected chi connectivity index (χ1v) is 7.66. The number of benzene rings is 3. The standard InChI is InChI=1S/C19H16N2O3/c1-11-13-9-8-12(21(22)23)10-15(13)19(24-3)17-14-6-4-5-7-16(14)20(2)18(11)17/h4-10H,1-3H3. The molecule has 4 aromatic rings. The van der Waals surface area contributed by atoms with Gasteiger partial charge in [0.2, 0.25) is 0 Å². The van der Waals surface area contributed by atoms with Crippen LogP contribution >= 0.6 is 0 Å². The minimum absolute atomic E-state index is 0.0692. The lowest BCUT2D eigenvalue weighted by Gasteiger charge is -2.12. The van der Waals surface area contributed by atoms with E-state index in [1.807, 2.05) is 25.2 Å². The van der Waals surface area contributed by atoms with E-state index in [0.717, 1.165) is 38.1 Å². The summed E-state index contributed by atoms with van der Waals surface area (Å²) in [4.78, 5) is 10.8. The molecule has 0 bridgehead atoms. The summed E-state index contributed by atoms with van der Waals surface area (Å²) in [6, 6.07) is 13.1. The molecule has 0 aliphatic carbocycles. The fourth-order valence-corrected chi connectivity index (χ4v) is 3.70. The van der Waals surface area contributed by atoms with Gasteiger partial charge in [0.15, 0.2) is 0 Å². The number of non-ortho nitro benzene ring substituents is 1. The molecule has 0 radical (unpaired) electrons. The van der Waals surface area contributed by atoms with Crippen molar-refractivity contribution in [2.24, 2.45) is 7.05 Å². The van der Waals surface area contributed by atoms with Crippen molar-refractivity contribution in [2.45, 2.75) is 6.92 Å². The average molecular weight is 320 g/mol. The number of nitro benzene ring substituents is 1. The number of nitrogens with zero attached hydrogens (tertiary/aromatic N) is 2. The molecule has 0 saturated carbocycles. The predicted octanol–water partition coefficient (Wildman–Crippen LogP) is 4.71. The second-order valence-electron chi connectivity index (χ2n) is 5.95. The lowest BCUT2D eigenvalue weighted by Crippen LogP contribution is -1.95. The van der Waals surface area contributed by atoms with Gasteiger partial charge in [-0.05, 0) is 30.0 Å². The number of aryl methyl sites for hydroxylation is 2. The summed E-state index contributed by atoms with van der Waals surface area (Å²) in [7, 11) is 3.65. The SMILES string of the molecule is COc1c2cc([N+](=O)[O-])ccc2c(C)c2c1c1ccccc1n2C. The van der Waals surface area contributed by atoms with Crippen LogP contribution in [0.15, 0.2) is 42.5 Å². The van der Waals surface area contributed by atoms with Crippen molar-refractivity contribution in [2.75, 3.05) is 7.11 Å². The van der Waals surface area contributed by atoms with Crippen LogP contribution in [0.3, 0.4) is 0 Å². The van der Waals surface area contributed by atoms with Crippen molar-refractivity contribution in [1.82, 2.24) is 4.57 Å². The number of aromatic nitrogens is 1. The topological polar surface area (TPSA) is 57.3 Å². The Morgan fingerprint density at radius 2 is 1.83 bits per heavy atom. The highest BCUT2D eigenvalue weighted by Gasteiger charge is 2.20. The molecule has 0 fully saturated rings. The number of nitro groups is 1. The summed E-state index contributed by atoms with van der Waals surface area (Å²) >= 11 is 0. The van der Waals surface area contributed by atoms with Gasteiger partial charge in [0.25, 0.3) is 5.69 Å². The third kappa shape index (κ3) is 1.75. The molecule has 0 atom stereocenters. The third-order valence-electron chi connectivity index (χ3n) is 4.76. The summed E-state index contributed by atoms with van der Waals surface area (Å²) in [6.07, 6.45) is 0. The molecule has 120 valence electrons. The molecule has 0 saturated heterocycles. The Labute approximate surface area is 138 Å². The monoisotopic (exact) mass is 320 g/mol. The van der Waals surface area contributed by atoms with Crippen molar-refractivity contribution in [3.8, 4) is 5.75 Å². The molecule has 0 unspecified atom stereocenters. The maximum Gasteiger partial charge on any atom is 0.270 e. The normalized spacial score (nSPS) is 11.5. The predicted molar refractivity (Wildman–Crippen MR) is 95.9 cm³/mol. The number of methoxy groups -OCH3 is 1. The molecule has 0 N–H and O–H groups in total. The molecule has 0 amide bonds. The molecule has 0 aliphatic rings. The van der Waals surface area contributed by atoms with Crippen molar-refractivity contribution in [1.29, 1.82) is 0 Å². The van der Waals surface area contributed by atoms with E-state index < -0.39 is 0 Å². The first-order chi connectivity index (χ1) is 11.5. The van der Waals surface area contributed by atoms with Crippen molar-refractivity contribution in [3.63, 3.8) is 0 Å². The molecule has 0 aliphatic heterocycles. The number of ether oxygens (including phenoxy) is 1. The van der Waals surface area contributed by atoms with E-state index in [1.54, 1.807) is 19.2 Å². The van der Waals surface area contributed by atoms with Gasteiger partial charge in [-0.1, -0.05) is 18.2 Å². The molecule has 4 rings (SSSR count). The lowest BCUT2D eigenvalue weighted by atomic mass is 9.99. The largest absolute Gasteiger partial charge is 0.495 e. The van der Waals surface area contributed by atoms with Crippen LogP contribution in [0, 0.1) is 17.0 Å². The molecular weight excluding hydrogens is 304 g/mol. The smallest absolute Gasteiger partial charge is 0.270 e. The number of para-hydroxylation sites is 1. The molecule has 5 heteroatoms. The fraction of sp³-hybridized carbons (Fsp3) is 0.158. The Morgan fingerprint density at radius 1 is 1.08 bits per heavy atom. The quantitative estimate of drug-likeness (QED) is 0.397. The van der Waals surface area contributed by atoms with E-state index in [-0.39, 0.29) is 10.6 Å². The second kappa shape index (κ2) is 4.96. The lowest BCUT2D eigenvalue weighted by molar-refractivity contribution is -0.384. The van der Waals surface area contributed by atoms with E-state index in [2.05, 4.69) is 23.6 Å². The molecule has 3 aromatic carbocycles. The summed E-state index contributed by atoms with van der Waals surface area (Å²) < 4.78 is 7.87. The van der Waals surface area contributed by atoms with Crippen LogP contribution in [-0.2, 0) is 7.05 Å². The van der Waals surface area contributed by atoms with Gasteiger partial charge >= 0.3 is 0 Å². The fourth-order valence-electron chi connectivity index (χ4n) is 3.70. The average Bonchev–Trinajstić information content (AvgIpc) is 2.89. The maximum absolute atomic E-state index is 11.2. The van der Waals surface area contributed by atoms with Crippen molar-refractivity contribution < 1.29 is 9.66 Å². The zero-order chi connectivity index (χ0) is 17.0. The van der Waals surface area contributed by atoms with Gasteiger partial charge in [-0.15, -0.1) is 0 Å². The van der Waals surface area contributed by atoms with Gasteiger partial charge in [-0.2, -0.15) is 0 Å². The summed E-state index contributed by atoms with van der Waals surface area (Å²) in [5.41, 5.74) is 3.36. The van der Waals surface area contributed by atoms with Crippen LogP contribution in [0.4, 0.5) is 5.69 Å². The minimum atomic E-state index is -0.374. The minimum Gasteiger partial charge on any atom is -0.495 e. The molecule has 24 heavy (non-hydrogen) atoms. The van der Waals surface area contributed by atoms with Gasteiger partial charge in [0.1, 0.15) is 5.75 Å². The van der Waals surface area contributed by atoms with Gasteiger partial charge in [0.05, 0.1) is 22.9 Å². The van der Waals surface area contributed by atoms with Crippen LogP contribution < -0.4 is 4.74 Å².